The maximum absolute atomic E-state index is 6.42. The molecule has 3 aromatic rings. The van der Waals surface area contributed by atoms with Gasteiger partial charge in [-0.15, -0.1) is 0 Å². The molecule has 162 valence electrons. The van der Waals surface area contributed by atoms with Crippen molar-refractivity contribution in [2.45, 2.75) is 25.4 Å². The first kappa shape index (κ1) is 22.0. The zero-order valence-electron chi connectivity index (χ0n) is 18.0. The second-order valence-corrected chi connectivity index (χ2v) is 9.40. The Balaban J connectivity index is 1.68. The molecule has 5 nitrogen and oxygen atoms in total. The molecule has 1 aliphatic heterocycles. The molecule has 3 heterocycles. The Hall–Kier alpha value is -2.22. The summed E-state index contributed by atoms with van der Waals surface area (Å²) >= 11 is 9.41. The number of hydrogen-bond acceptors (Lipinski definition) is 4. The maximum Gasteiger partial charge on any atom is 0.170 e. The maximum atomic E-state index is 6.42. The van der Waals surface area contributed by atoms with Gasteiger partial charge in [-0.05, 0) is 88.2 Å². The smallest absolute Gasteiger partial charge is 0.170 e. The van der Waals surface area contributed by atoms with E-state index in [9.17, 15) is 0 Å². The zero-order chi connectivity index (χ0) is 22.0. The number of rotatable bonds is 7. The van der Waals surface area contributed by atoms with E-state index in [-0.39, 0.29) is 12.1 Å². The van der Waals surface area contributed by atoms with Crippen LogP contribution in [0.4, 0.5) is 0 Å². The number of pyridine rings is 1. The molecule has 1 fully saturated rings. The normalized spacial score (nSPS) is 18.6. The Bertz CT molecular complexity index is 1050. The summed E-state index contributed by atoms with van der Waals surface area (Å²) in [5, 5.41) is 4.23. The van der Waals surface area contributed by atoms with E-state index in [1.54, 1.807) is 0 Å². The van der Waals surface area contributed by atoms with Crippen molar-refractivity contribution in [3.8, 4) is 11.3 Å². The van der Waals surface area contributed by atoms with Gasteiger partial charge in [0.05, 0.1) is 11.7 Å². The van der Waals surface area contributed by atoms with Gasteiger partial charge in [0, 0.05) is 22.8 Å². The predicted octanol–water partition coefficient (Wildman–Crippen LogP) is 5.34. The van der Waals surface area contributed by atoms with Crippen molar-refractivity contribution >= 4 is 33.3 Å². The Kier molecular flexibility index (Phi) is 6.74. The first-order chi connectivity index (χ1) is 14.9. The van der Waals surface area contributed by atoms with E-state index in [0.717, 1.165) is 51.9 Å². The van der Waals surface area contributed by atoms with Gasteiger partial charge in [-0.2, -0.15) is 0 Å². The van der Waals surface area contributed by atoms with Gasteiger partial charge in [-0.25, -0.2) is 0 Å². The first-order valence-electron chi connectivity index (χ1n) is 10.4. The minimum absolute atomic E-state index is 0.0532. The van der Waals surface area contributed by atoms with Crippen molar-refractivity contribution in [3.05, 3.63) is 76.2 Å². The lowest BCUT2D eigenvalue weighted by atomic mass is 10.0. The molecule has 1 saturated heterocycles. The Morgan fingerprint density at radius 2 is 2.03 bits per heavy atom. The second kappa shape index (κ2) is 9.51. The number of thiocarbonyl (C=S) groups is 1. The third-order valence-electron chi connectivity index (χ3n) is 5.51. The van der Waals surface area contributed by atoms with Crippen LogP contribution in [-0.4, -0.2) is 47.1 Å². The highest BCUT2D eigenvalue weighted by Crippen LogP contribution is 2.41. The van der Waals surface area contributed by atoms with Crippen molar-refractivity contribution in [1.82, 2.24) is 20.1 Å². The number of benzene rings is 1. The van der Waals surface area contributed by atoms with Gasteiger partial charge in [-0.3, -0.25) is 4.98 Å². The number of nitrogens with one attached hydrogen (secondary N) is 1. The second-order valence-electron chi connectivity index (χ2n) is 8.16. The van der Waals surface area contributed by atoms with Crippen LogP contribution < -0.4 is 5.32 Å². The third-order valence-corrected chi connectivity index (χ3v) is 6.52. The van der Waals surface area contributed by atoms with E-state index in [1.165, 1.54) is 5.56 Å². The predicted molar refractivity (Wildman–Crippen MR) is 132 cm³/mol. The number of aromatic nitrogens is 1. The van der Waals surface area contributed by atoms with Crippen molar-refractivity contribution in [1.29, 1.82) is 0 Å². The van der Waals surface area contributed by atoms with E-state index in [2.05, 4.69) is 81.3 Å². The van der Waals surface area contributed by atoms with Crippen molar-refractivity contribution in [2.24, 2.45) is 0 Å². The number of nitrogens with zero attached hydrogens (tertiary/aromatic N) is 3. The average Bonchev–Trinajstić information content (AvgIpc) is 3.33. The minimum atomic E-state index is -0.0616. The summed E-state index contributed by atoms with van der Waals surface area (Å²) in [6, 6.07) is 16.3. The number of halogens is 1. The van der Waals surface area contributed by atoms with Gasteiger partial charge in [0.15, 0.2) is 5.11 Å². The molecule has 1 aliphatic rings. The topological polar surface area (TPSA) is 44.5 Å². The Labute approximate surface area is 197 Å². The molecule has 4 rings (SSSR count). The Morgan fingerprint density at radius 1 is 1.19 bits per heavy atom. The Morgan fingerprint density at radius 3 is 2.74 bits per heavy atom. The van der Waals surface area contributed by atoms with E-state index in [1.807, 2.05) is 30.5 Å². The summed E-state index contributed by atoms with van der Waals surface area (Å²) in [6.07, 6.45) is 2.83. The molecule has 0 spiro atoms. The SMILES string of the molecule is Cc1ccc(-c2ccc([C@H]3[C@@H](c4ccccn4)NC(=S)N3CCCN(C)C)o2)c(Br)c1. The molecule has 1 aromatic carbocycles. The fourth-order valence-electron chi connectivity index (χ4n) is 3.99. The molecular formula is C24H27BrN4OS. The summed E-state index contributed by atoms with van der Waals surface area (Å²) in [5.74, 6) is 1.73. The van der Waals surface area contributed by atoms with Crippen molar-refractivity contribution < 1.29 is 4.42 Å². The highest BCUT2D eigenvalue weighted by atomic mass is 79.9. The monoisotopic (exact) mass is 498 g/mol. The highest BCUT2D eigenvalue weighted by Gasteiger charge is 2.41. The van der Waals surface area contributed by atoms with Gasteiger partial charge in [-0.1, -0.05) is 28.1 Å². The molecule has 0 radical (unpaired) electrons. The van der Waals surface area contributed by atoms with Crippen LogP contribution >= 0.6 is 28.1 Å². The molecule has 0 unspecified atom stereocenters. The zero-order valence-corrected chi connectivity index (χ0v) is 20.4. The lowest BCUT2D eigenvalue weighted by Crippen LogP contribution is -2.32. The van der Waals surface area contributed by atoms with Gasteiger partial charge in [0.2, 0.25) is 0 Å². The molecule has 7 heteroatoms. The van der Waals surface area contributed by atoms with E-state index in [0.29, 0.717) is 0 Å². The van der Waals surface area contributed by atoms with E-state index >= 15 is 0 Å². The highest BCUT2D eigenvalue weighted by molar-refractivity contribution is 9.10. The fourth-order valence-corrected chi connectivity index (χ4v) is 5.01. The molecule has 0 amide bonds. The van der Waals surface area contributed by atoms with Crippen LogP contribution in [0.1, 0.15) is 35.5 Å². The van der Waals surface area contributed by atoms with Crippen LogP contribution in [0.5, 0.6) is 0 Å². The van der Waals surface area contributed by atoms with Crippen molar-refractivity contribution in [2.75, 3.05) is 27.2 Å². The first-order valence-corrected chi connectivity index (χ1v) is 11.6. The van der Waals surface area contributed by atoms with Gasteiger partial charge >= 0.3 is 0 Å². The molecule has 31 heavy (non-hydrogen) atoms. The van der Waals surface area contributed by atoms with E-state index < -0.39 is 0 Å². The lowest BCUT2D eigenvalue weighted by Gasteiger charge is -2.26. The van der Waals surface area contributed by atoms with Crippen LogP contribution in [-0.2, 0) is 0 Å². The third kappa shape index (κ3) is 4.84. The van der Waals surface area contributed by atoms with E-state index in [4.69, 9.17) is 16.6 Å². The molecule has 1 N–H and O–H groups in total. The standard InChI is InChI=1S/C24H27BrN4OS/c1-16-8-9-17(18(25)15-16)20-10-11-21(30-20)23-22(19-7-4-5-12-26-19)27-24(31)29(23)14-6-13-28(2)3/h4-5,7-12,15,22-23H,6,13-14H2,1-3H3,(H,27,31)/t22-,23+/m1/s1. The quantitative estimate of drug-likeness (QED) is 0.443. The molecule has 0 bridgehead atoms. The molecule has 0 saturated carbocycles. The molecule has 2 atom stereocenters. The summed E-state index contributed by atoms with van der Waals surface area (Å²) in [5.41, 5.74) is 3.20. The van der Waals surface area contributed by atoms with Gasteiger partial charge in [0.1, 0.15) is 17.6 Å². The van der Waals surface area contributed by atoms with Crippen LogP contribution in [0.3, 0.4) is 0 Å². The summed E-state index contributed by atoms with van der Waals surface area (Å²) < 4.78 is 7.45. The van der Waals surface area contributed by atoms with Crippen LogP contribution in [0.25, 0.3) is 11.3 Å². The summed E-state index contributed by atoms with van der Waals surface area (Å²) in [6.45, 7) is 3.93. The van der Waals surface area contributed by atoms with Crippen molar-refractivity contribution in [3.63, 3.8) is 0 Å². The van der Waals surface area contributed by atoms with Crippen LogP contribution in [0.15, 0.2) is 63.6 Å². The van der Waals surface area contributed by atoms with Crippen LogP contribution in [0.2, 0.25) is 0 Å². The fraction of sp³-hybridized carbons (Fsp3) is 0.333. The largest absolute Gasteiger partial charge is 0.459 e. The molecule has 2 aromatic heterocycles. The average molecular weight is 499 g/mol. The number of furan rings is 1. The van der Waals surface area contributed by atoms with Gasteiger partial charge < -0.3 is 19.5 Å². The molecular weight excluding hydrogens is 472 g/mol. The van der Waals surface area contributed by atoms with Gasteiger partial charge in [0.25, 0.3) is 0 Å². The lowest BCUT2D eigenvalue weighted by molar-refractivity contribution is 0.261. The van der Waals surface area contributed by atoms with Crippen LogP contribution in [0, 0.1) is 6.92 Å². The summed E-state index contributed by atoms with van der Waals surface area (Å²) in [4.78, 5) is 9.03. The minimum Gasteiger partial charge on any atom is -0.459 e. The number of hydrogen-bond donors (Lipinski definition) is 1. The number of aryl methyl sites for hydroxylation is 1. The molecule has 0 aliphatic carbocycles. The summed E-state index contributed by atoms with van der Waals surface area (Å²) in [7, 11) is 4.18.